The molecule has 0 spiro atoms. The zero-order valence-corrected chi connectivity index (χ0v) is 10.6. The summed E-state index contributed by atoms with van der Waals surface area (Å²) < 4.78 is 39.2. The molecule has 0 radical (unpaired) electrons. The van der Waals surface area contributed by atoms with Crippen LogP contribution < -0.4 is 5.73 Å². The van der Waals surface area contributed by atoms with E-state index in [0.717, 1.165) is 6.07 Å². The highest BCUT2D eigenvalue weighted by Crippen LogP contribution is 2.36. The van der Waals surface area contributed by atoms with Crippen molar-refractivity contribution >= 4 is 16.9 Å². The first-order valence-corrected chi connectivity index (χ1v) is 6.00. The van der Waals surface area contributed by atoms with Gasteiger partial charge in [-0.15, -0.1) is 0 Å². The van der Waals surface area contributed by atoms with Crippen molar-refractivity contribution in [2.75, 3.05) is 5.73 Å². The topological polar surface area (TPSA) is 64.7 Å². The zero-order valence-electron chi connectivity index (χ0n) is 10.6. The quantitative estimate of drug-likeness (QED) is 0.747. The summed E-state index contributed by atoms with van der Waals surface area (Å²) in [5.41, 5.74) is 5.52. The van der Waals surface area contributed by atoms with Gasteiger partial charge in [-0.05, 0) is 18.2 Å². The number of para-hydroxylation sites is 1. The van der Waals surface area contributed by atoms with Gasteiger partial charge in [-0.1, -0.05) is 12.1 Å². The summed E-state index contributed by atoms with van der Waals surface area (Å²) in [7, 11) is 0. The molecule has 7 heteroatoms. The Morgan fingerprint density at radius 3 is 2.33 bits per heavy atom. The number of nitrogen functional groups attached to an aromatic ring is 1. The van der Waals surface area contributed by atoms with Crippen molar-refractivity contribution in [2.45, 2.75) is 6.18 Å². The summed E-state index contributed by atoms with van der Waals surface area (Å²) in [6.07, 6.45) is -1.43. The molecule has 3 rings (SSSR count). The average molecular weight is 290 g/mol. The first kappa shape index (κ1) is 13.3. The van der Waals surface area contributed by atoms with Crippen LogP contribution in [0.15, 0.2) is 42.7 Å². The number of halogens is 3. The second-order valence-electron chi connectivity index (χ2n) is 4.37. The zero-order chi connectivity index (χ0) is 15.0. The molecule has 3 aromatic rings. The minimum Gasteiger partial charge on any atom is -0.368 e. The van der Waals surface area contributed by atoms with Crippen molar-refractivity contribution in [3.8, 4) is 11.3 Å². The molecule has 0 bridgehead atoms. The van der Waals surface area contributed by atoms with Crippen molar-refractivity contribution in [3.05, 3.63) is 48.3 Å². The maximum atomic E-state index is 13.1. The molecule has 0 amide bonds. The molecule has 0 unspecified atom stereocenters. The lowest BCUT2D eigenvalue weighted by Crippen LogP contribution is -2.08. The first-order chi connectivity index (χ1) is 9.97. The lowest BCUT2D eigenvalue weighted by Gasteiger charge is -2.12. The lowest BCUT2D eigenvalue weighted by atomic mass is 10.0. The molecule has 4 nitrogen and oxygen atoms in total. The number of anilines is 1. The van der Waals surface area contributed by atoms with E-state index in [1.165, 1.54) is 18.5 Å². The Bertz CT molecular complexity index is 800. The van der Waals surface area contributed by atoms with E-state index < -0.39 is 11.7 Å². The van der Waals surface area contributed by atoms with Crippen LogP contribution in [0.2, 0.25) is 0 Å². The van der Waals surface area contributed by atoms with Crippen molar-refractivity contribution in [1.82, 2.24) is 15.0 Å². The van der Waals surface area contributed by atoms with Gasteiger partial charge in [0, 0.05) is 23.3 Å². The fourth-order valence-corrected chi connectivity index (χ4v) is 2.13. The number of alkyl halides is 3. The fourth-order valence-electron chi connectivity index (χ4n) is 2.13. The van der Waals surface area contributed by atoms with Crippen LogP contribution in [-0.4, -0.2) is 15.0 Å². The summed E-state index contributed by atoms with van der Waals surface area (Å²) in [6.45, 7) is 0. The SMILES string of the molecule is Nc1nc(-c2ccncc2)c2cccc(C(F)(F)F)c2n1. The number of rotatable bonds is 1. The van der Waals surface area contributed by atoms with Crippen LogP contribution in [0.3, 0.4) is 0 Å². The van der Waals surface area contributed by atoms with Crippen LogP contribution >= 0.6 is 0 Å². The number of nitrogens with two attached hydrogens (primary N) is 1. The van der Waals surface area contributed by atoms with Gasteiger partial charge in [-0.3, -0.25) is 4.98 Å². The van der Waals surface area contributed by atoms with Gasteiger partial charge in [0.2, 0.25) is 5.95 Å². The minimum atomic E-state index is -4.50. The van der Waals surface area contributed by atoms with Gasteiger partial charge in [0.1, 0.15) is 0 Å². The number of pyridine rings is 1. The van der Waals surface area contributed by atoms with Gasteiger partial charge in [0.15, 0.2) is 0 Å². The Hall–Kier alpha value is -2.70. The Morgan fingerprint density at radius 2 is 1.67 bits per heavy atom. The van der Waals surface area contributed by atoms with Gasteiger partial charge in [0.25, 0.3) is 0 Å². The largest absolute Gasteiger partial charge is 0.418 e. The Morgan fingerprint density at radius 1 is 0.952 bits per heavy atom. The highest BCUT2D eigenvalue weighted by atomic mass is 19.4. The molecular weight excluding hydrogens is 281 g/mol. The van der Waals surface area contributed by atoms with Crippen LogP contribution in [0, 0.1) is 0 Å². The van der Waals surface area contributed by atoms with E-state index in [1.807, 2.05) is 0 Å². The van der Waals surface area contributed by atoms with Crippen molar-refractivity contribution in [3.63, 3.8) is 0 Å². The lowest BCUT2D eigenvalue weighted by molar-refractivity contribution is -0.136. The molecule has 0 aliphatic rings. The third kappa shape index (κ3) is 2.37. The third-order valence-corrected chi connectivity index (χ3v) is 3.00. The number of benzene rings is 1. The summed E-state index contributed by atoms with van der Waals surface area (Å²) in [5, 5.41) is 0.297. The standard InChI is InChI=1S/C14H9F3N4/c15-14(16,17)10-3-1-2-9-11(8-4-6-19-7-5-8)20-13(18)21-12(9)10/h1-7H,(H2,18,20,21). The van der Waals surface area contributed by atoms with Crippen molar-refractivity contribution in [2.24, 2.45) is 0 Å². The van der Waals surface area contributed by atoms with Crippen molar-refractivity contribution in [1.29, 1.82) is 0 Å². The Kier molecular flexibility index (Phi) is 2.97. The maximum absolute atomic E-state index is 13.1. The van der Waals surface area contributed by atoms with Crippen LogP contribution in [-0.2, 0) is 6.18 Å². The van der Waals surface area contributed by atoms with Gasteiger partial charge < -0.3 is 5.73 Å². The van der Waals surface area contributed by atoms with Crippen LogP contribution in [0.4, 0.5) is 19.1 Å². The van der Waals surface area contributed by atoms with E-state index in [4.69, 9.17) is 5.73 Å². The second kappa shape index (κ2) is 4.69. The predicted molar refractivity (Wildman–Crippen MR) is 72.2 cm³/mol. The number of hydrogen-bond donors (Lipinski definition) is 1. The molecule has 0 saturated carbocycles. The molecule has 0 saturated heterocycles. The molecule has 106 valence electrons. The first-order valence-electron chi connectivity index (χ1n) is 6.00. The summed E-state index contributed by atoms with van der Waals surface area (Å²) in [4.78, 5) is 11.7. The molecule has 0 fully saturated rings. The molecule has 21 heavy (non-hydrogen) atoms. The van der Waals surface area contributed by atoms with Crippen molar-refractivity contribution < 1.29 is 13.2 Å². The van der Waals surface area contributed by atoms with E-state index >= 15 is 0 Å². The summed E-state index contributed by atoms with van der Waals surface area (Å²) in [5.74, 6) is -0.203. The second-order valence-corrected chi connectivity index (χ2v) is 4.37. The molecule has 0 atom stereocenters. The highest BCUT2D eigenvalue weighted by molar-refractivity contribution is 5.94. The molecule has 2 N–H and O–H groups in total. The van der Waals surface area contributed by atoms with Crippen LogP contribution in [0.1, 0.15) is 5.56 Å². The third-order valence-electron chi connectivity index (χ3n) is 3.00. The number of fused-ring (bicyclic) bond motifs is 1. The Labute approximate surface area is 117 Å². The van der Waals surface area contributed by atoms with E-state index in [-0.39, 0.29) is 11.5 Å². The minimum absolute atomic E-state index is 0.203. The van der Waals surface area contributed by atoms with Gasteiger partial charge in [-0.25, -0.2) is 9.97 Å². The fraction of sp³-hybridized carbons (Fsp3) is 0.0714. The molecule has 2 aromatic heterocycles. The van der Waals surface area contributed by atoms with Crippen LogP contribution in [0.25, 0.3) is 22.2 Å². The van der Waals surface area contributed by atoms with E-state index in [0.29, 0.717) is 16.6 Å². The number of aromatic nitrogens is 3. The average Bonchev–Trinajstić information content (AvgIpc) is 2.45. The van der Waals surface area contributed by atoms with E-state index in [9.17, 15) is 13.2 Å². The smallest absolute Gasteiger partial charge is 0.368 e. The maximum Gasteiger partial charge on any atom is 0.418 e. The van der Waals surface area contributed by atoms with E-state index in [1.54, 1.807) is 18.2 Å². The van der Waals surface area contributed by atoms with E-state index in [2.05, 4.69) is 15.0 Å². The van der Waals surface area contributed by atoms with Gasteiger partial charge >= 0.3 is 6.18 Å². The summed E-state index contributed by atoms with van der Waals surface area (Å²) >= 11 is 0. The molecule has 0 aliphatic carbocycles. The highest BCUT2D eigenvalue weighted by Gasteiger charge is 2.33. The molecule has 1 aromatic carbocycles. The normalized spacial score (nSPS) is 11.8. The predicted octanol–water partition coefficient (Wildman–Crippen LogP) is 3.29. The molecule has 2 heterocycles. The van der Waals surface area contributed by atoms with Crippen LogP contribution in [0.5, 0.6) is 0 Å². The Balaban J connectivity index is 2.38. The van der Waals surface area contributed by atoms with Gasteiger partial charge in [0.05, 0.1) is 16.8 Å². The number of nitrogens with zero attached hydrogens (tertiary/aromatic N) is 3. The monoisotopic (exact) mass is 290 g/mol. The molecule has 0 aliphatic heterocycles. The summed E-state index contributed by atoms with van der Waals surface area (Å²) in [6, 6.07) is 7.16. The molecular formula is C14H9F3N4. The van der Waals surface area contributed by atoms with Gasteiger partial charge in [-0.2, -0.15) is 13.2 Å². The number of hydrogen-bond acceptors (Lipinski definition) is 4.